The molecule has 1 amide bonds. The molecular weight excluding hydrogens is 214 g/mol. The van der Waals surface area contributed by atoms with E-state index in [4.69, 9.17) is 0 Å². The van der Waals surface area contributed by atoms with E-state index in [1.165, 1.54) is 0 Å². The Kier molecular flexibility index (Phi) is 2.18. The maximum Gasteiger partial charge on any atom is 0.262 e. The first-order chi connectivity index (χ1) is 8.20. The summed E-state index contributed by atoms with van der Waals surface area (Å²) in [5, 5.41) is 0. The summed E-state index contributed by atoms with van der Waals surface area (Å²) in [6, 6.07) is 8.05. The zero-order chi connectivity index (χ0) is 12.0. The van der Waals surface area contributed by atoms with Crippen LogP contribution in [-0.4, -0.2) is 35.9 Å². The number of amides is 1. The lowest BCUT2D eigenvalue weighted by Gasteiger charge is -2.38. The largest absolute Gasteiger partial charge is 0.309 e. The van der Waals surface area contributed by atoms with E-state index >= 15 is 0 Å². The van der Waals surface area contributed by atoms with E-state index in [9.17, 15) is 4.79 Å². The molecule has 0 unspecified atom stereocenters. The van der Waals surface area contributed by atoms with Gasteiger partial charge in [0.1, 0.15) is 0 Å². The molecule has 1 aromatic rings. The Balaban J connectivity index is 2.20. The van der Waals surface area contributed by atoms with E-state index in [-0.39, 0.29) is 5.91 Å². The monoisotopic (exact) mass is 229 g/mol. The van der Waals surface area contributed by atoms with Crippen LogP contribution in [0.3, 0.4) is 0 Å². The Morgan fingerprint density at radius 1 is 1.29 bits per heavy atom. The number of guanidine groups is 1. The second-order valence-electron chi connectivity index (χ2n) is 4.62. The van der Waals surface area contributed by atoms with Crippen LogP contribution in [0.4, 0.5) is 5.69 Å². The van der Waals surface area contributed by atoms with Crippen molar-refractivity contribution in [1.82, 2.24) is 4.90 Å². The predicted molar refractivity (Wildman–Crippen MR) is 67.4 cm³/mol. The van der Waals surface area contributed by atoms with E-state index in [2.05, 4.69) is 23.7 Å². The molecule has 17 heavy (non-hydrogen) atoms. The fraction of sp³-hybridized carbons (Fsp3) is 0.385. The number of fused-ring (bicyclic) bond motifs is 2. The van der Waals surface area contributed by atoms with E-state index in [1.807, 2.05) is 24.3 Å². The summed E-state index contributed by atoms with van der Waals surface area (Å²) < 4.78 is 0. The summed E-state index contributed by atoms with van der Waals surface area (Å²) in [5.74, 6) is 0.887. The van der Waals surface area contributed by atoms with Crippen LogP contribution in [0.25, 0.3) is 0 Å². The summed E-state index contributed by atoms with van der Waals surface area (Å²) in [4.78, 5) is 20.7. The Hall–Kier alpha value is -1.84. The Bertz CT molecular complexity index is 507. The highest BCUT2D eigenvalue weighted by Gasteiger charge is 2.37. The lowest BCUT2D eigenvalue weighted by Crippen LogP contribution is -2.52. The minimum atomic E-state index is 0.0775. The van der Waals surface area contributed by atoms with Gasteiger partial charge < -0.3 is 4.90 Å². The molecule has 0 atom stereocenters. The van der Waals surface area contributed by atoms with E-state index in [0.717, 1.165) is 17.2 Å². The first-order valence-corrected chi connectivity index (χ1v) is 5.94. The zero-order valence-electron chi connectivity index (χ0n) is 10.1. The quantitative estimate of drug-likeness (QED) is 0.735. The summed E-state index contributed by atoms with van der Waals surface area (Å²) in [6.07, 6.45) is 0. The van der Waals surface area contributed by atoms with Crippen molar-refractivity contribution < 1.29 is 4.79 Å². The van der Waals surface area contributed by atoms with Crippen LogP contribution in [0.1, 0.15) is 24.2 Å². The van der Waals surface area contributed by atoms with Gasteiger partial charge in [-0.2, -0.15) is 0 Å². The number of para-hydroxylation sites is 1. The Morgan fingerprint density at radius 3 is 2.82 bits per heavy atom. The molecule has 0 fully saturated rings. The minimum absolute atomic E-state index is 0.0775. The minimum Gasteiger partial charge on any atom is -0.309 e. The van der Waals surface area contributed by atoms with Crippen LogP contribution < -0.4 is 4.90 Å². The fourth-order valence-corrected chi connectivity index (χ4v) is 2.46. The topological polar surface area (TPSA) is 35.9 Å². The molecule has 3 rings (SSSR count). The first kappa shape index (κ1) is 10.3. The van der Waals surface area contributed by atoms with Gasteiger partial charge in [-0.1, -0.05) is 12.1 Å². The van der Waals surface area contributed by atoms with Gasteiger partial charge in [0.15, 0.2) is 0 Å². The Labute approximate surface area is 101 Å². The van der Waals surface area contributed by atoms with Crippen LogP contribution in [-0.2, 0) is 0 Å². The van der Waals surface area contributed by atoms with Gasteiger partial charge in [-0.25, -0.2) is 0 Å². The number of benzene rings is 1. The number of anilines is 1. The van der Waals surface area contributed by atoms with Gasteiger partial charge in [-0.05, 0) is 26.0 Å². The molecule has 0 radical (unpaired) electrons. The van der Waals surface area contributed by atoms with Crippen molar-refractivity contribution in [3.63, 3.8) is 0 Å². The molecule has 4 nitrogen and oxygen atoms in total. The third-order valence-electron chi connectivity index (χ3n) is 3.19. The van der Waals surface area contributed by atoms with Crippen LogP contribution >= 0.6 is 0 Å². The SMILES string of the molecule is CC(C)N1C2=NCCN2C(=O)c2ccccc21. The number of nitrogens with zero attached hydrogens (tertiary/aromatic N) is 3. The van der Waals surface area contributed by atoms with Crippen molar-refractivity contribution in [3.05, 3.63) is 29.8 Å². The van der Waals surface area contributed by atoms with Crippen molar-refractivity contribution in [1.29, 1.82) is 0 Å². The summed E-state index contributed by atoms with van der Waals surface area (Å²) in [6.45, 7) is 5.64. The molecule has 2 aliphatic heterocycles. The highest BCUT2D eigenvalue weighted by Crippen LogP contribution is 2.31. The molecule has 4 heteroatoms. The first-order valence-electron chi connectivity index (χ1n) is 5.94. The van der Waals surface area contributed by atoms with Gasteiger partial charge in [-0.15, -0.1) is 0 Å². The molecule has 0 aliphatic carbocycles. The Morgan fingerprint density at radius 2 is 2.06 bits per heavy atom. The molecule has 0 saturated carbocycles. The molecule has 0 N–H and O–H groups in total. The zero-order valence-corrected chi connectivity index (χ0v) is 10.1. The second kappa shape index (κ2) is 3.58. The highest BCUT2D eigenvalue weighted by atomic mass is 16.2. The van der Waals surface area contributed by atoms with Crippen molar-refractivity contribution in [3.8, 4) is 0 Å². The second-order valence-corrected chi connectivity index (χ2v) is 4.62. The van der Waals surface area contributed by atoms with Crippen molar-refractivity contribution >= 4 is 17.6 Å². The van der Waals surface area contributed by atoms with Crippen LogP contribution in [0.15, 0.2) is 29.3 Å². The van der Waals surface area contributed by atoms with E-state index < -0.39 is 0 Å². The fourth-order valence-electron chi connectivity index (χ4n) is 2.46. The predicted octanol–water partition coefficient (Wildman–Crippen LogP) is 1.73. The molecule has 88 valence electrons. The summed E-state index contributed by atoms with van der Waals surface area (Å²) in [7, 11) is 0. The number of carbonyl (C=O) groups is 1. The number of hydrogen-bond acceptors (Lipinski definition) is 3. The smallest absolute Gasteiger partial charge is 0.262 e. The van der Waals surface area contributed by atoms with Gasteiger partial charge in [0.05, 0.1) is 17.8 Å². The van der Waals surface area contributed by atoms with Gasteiger partial charge in [-0.3, -0.25) is 14.7 Å². The third kappa shape index (κ3) is 1.37. The molecule has 0 saturated heterocycles. The van der Waals surface area contributed by atoms with E-state index in [1.54, 1.807) is 4.90 Å². The third-order valence-corrected chi connectivity index (χ3v) is 3.19. The maximum absolute atomic E-state index is 12.3. The lowest BCUT2D eigenvalue weighted by atomic mass is 10.1. The van der Waals surface area contributed by atoms with Gasteiger partial charge >= 0.3 is 0 Å². The summed E-state index contributed by atoms with van der Waals surface area (Å²) >= 11 is 0. The standard InChI is InChI=1S/C13H15N3O/c1-9(2)16-11-6-4-3-5-10(11)12(17)15-8-7-14-13(15)16/h3-6,9H,7-8H2,1-2H3. The molecule has 2 aliphatic rings. The van der Waals surface area contributed by atoms with Crippen LogP contribution in [0, 0.1) is 0 Å². The molecule has 0 bridgehead atoms. The average Bonchev–Trinajstić information content (AvgIpc) is 2.78. The van der Waals surface area contributed by atoms with E-state index in [0.29, 0.717) is 19.1 Å². The normalized spacial score (nSPS) is 18.3. The number of rotatable bonds is 1. The number of hydrogen-bond donors (Lipinski definition) is 0. The number of carbonyl (C=O) groups excluding carboxylic acids is 1. The maximum atomic E-state index is 12.3. The molecule has 1 aromatic carbocycles. The molecule has 0 aromatic heterocycles. The summed E-state index contributed by atoms with van der Waals surface area (Å²) in [5.41, 5.74) is 1.76. The molecule has 2 heterocycles. The number of aliphatic imine (C=N–C) groups is 1. The van der Waals surface area contributed by atoms with Crippen LogP contribution in [0.5, 0.6) is 0 Å². The average molecular weight is 229 g/mol. The molecular formula is C13H15N3O. The van der Waals surface area contributed by atoms with Gasteiger partial charge in [0.2, 0.25) is 5.96 Å². The van der Waals surface area contributed by atoms with Crippen LogP contribution in [0.2, 0.25) is 0 Å². The van der Waals surface area contributed by atoms with Gasteiger partial charge in [0.25, 0.3) is 5.91 Å². The highest BCUT2D eigenvalue weighted by molar-refractivity contribution is 6.19. The van der Waals surface area contributed by atoms with Crippen molar-refractivity contribution in [2.45, 2.75) is 19.9 Å². The van der Waals surface area contributed by atoms with Crippen molar-refractivity contribution in [2.24, 2.45) is 4.99 Å². The molecule has 0 spiro atoms. The van der Waals surface area contributed by atoms with Crippen molar-refractivity contribution in [2.75, 3.05) is 18.0 Å². The van der Waals surface area contributed by atoms with Gasteiger partial charge in [0, 0.05) is 12.6 Å². The lowest BCUT2D eigenvalue weighted by molar-refractivity contribution is 0.0851.